The zero-order chi connectivity index (χ0) is 12.3. The highest BCUT2D eigenvalue weighted by atomic mass is 16.6. The molecular formula is C10H14N4O3. The van der Waals surface area contributed by atoms with Crippen LogP contribution in [0.5, 0.6) is 0 Å². The maximum atomic E-state index is 10.6. The molecule has 1 fully saturated rings. The maximum Gasteiger partial charge on any atom is 0.311 e. The van der Waals surface area contributed by atoms with Crippen molar-refractivity contribution in [1.82, 2.24) is 4.98 Å². The van der Waals surface area contributed by atoms with Crippen molar-refractivity contribution in [2.45, 2.75) is 6.42 Å². The fraction of sp³-hybridized carbons (Fsp3) is 0.500. The minimum atomic E-state index is -0.530. The Labute approximate surface area is 98.3 Å². The van der Waals surface area contributed by atoms with E-state index in [9.17, 15) is 10.1 Å². The van der Waals surface area contributed by atoms with Crippen LogP contribution in [0.2, 0.25) is 0 Å². The summed E-state index contributed by atoms with van der Waals surface area (Å²) in [4.78, 5) is 16.2. The van der Waals surface area contributed by atoms with Crippen molar-refractivity contribution in [3.63, 3.8) is 0 Å². The monoisotopic (exact) mass is 238 g/mol. The van der Waals surface area contributed by atoms with Crippen LogP contribution in [-0.2, 0) is 4.74 Å². The van der Waals surface area contributed by atoms with E-state index in [4.69, 9.17) is 10.5 Å². The summed E-state index contributed by atoms with van der Waals surface area (Å²) in [6, 6.07) is 3.02. The Hall–Kier alpha value is -1.89. The van der Waals surface area contributed by atoms with Gasteiger partial charge >= 0.3 is 5.69 Å². The Bertz CT molecular complexity index is 416. The first-order valence-corrected chi connectivity index (χ1v) is 5.42. The van der Waals surface area contributed by atoms with Crippen molar-refractivity contribution in [2.75, 3.05) is 36.9 Å². The molecule has 0 aliphatic carbocycles. The number of aromatic nitrogens is 1. The van der Waals surface area contributed by atoms with Crippen LogP contribution in [0, 0.1) is 10.1 Å². The summed E-state index contributed by atoms with van der Waals surface area (Å²) in [6.07, 6.45) is 0.915. The number of pyridine rings is 1. The van der Waals surface area contributed by atoms with E-state index in [2.05, 4.69) is 4.98 Å². The molecule has 1 aromatic heterocycles. The van der Waals surface area contributed by atoms with E-state index in [1.165, 1.54) is 6.07 Å². The molecule has 7 nitrogen and oxygen atoms in total. The van der Waals surface area contributed by atoms with Crippen LogP contribution in [0.25, 0.3) is 0 Å². The molecule has 0 spiro atoms. The normalized spacial score (nSPS) is 16.6. The number of ether oxygens (including phenoxy) is 1. The Morgan fingerprint density at radius 3 is 2.94 bits per heavy atom. The van der Waals surface area contributed by atoms with Gasteiger partial charge in [0.15, 0.2) is 0 Å². The van der Waals surface area contributed by atoms with Crippen molar-refractivity contribution in [3.8, 4) is 0 Å². The first-order chi connectivity index (χ1) is 8.18. The Morgan fingerprint density at radius 2 is 2.24 bits per heavy atom. The first kappa shape index (κ1) is 11.6. The van der Waals surface area contributed by atoms with Crippen LogP contribution in [0.1, 0.15) is 6.42 Å². The molecule has 2 rings (SSSR count). The Kier molecular flexibility index (Phi) is 3.38. The average Bonchev–Trinajstić information content (AvgIpc) is 2.56. The topological polar surface area (TPSA) is 94.5 Å². The summed E-state index contributed by atoms with van der Waals surface area (Å²) in [5.74, 6) is 0.622. The number of rotatable bonds is 2. The van der Waals surface area contributed by atoms with Crippen molar-refractivity contribution < 1.29 is 9.66 Å². The van der Waals surface area contributed by atoms with E-state index in [1.807, 2.05) is 4.90 Å². The minimum absolute atomic E-state index is 0.0438. The molecule has 0 bridgehead atoms. The molecule has 0 aromatic carbocycles. The standard InChI is InChI=1S/C10H14N4O3/c11-10-8(14(15)16)2-3-9(12-10)13-4-1-6-17-7-5-13/h2-3H,1,4-7H2,(H2,11,12). The molecule has 0 unspecified atom stereocenters. The fourth-order valence-corrected chi connectivity index (χ4v) is 1.76. The van der Waals surface area contributed by atoms with Gasteiger partial charge in [0.25, 0.3) is 0 Å². The second-order valence-corrected chi connectivity index (χ2v) is 3.78. The largest absolute Gasteiger partial charge is 0.380 e. The van der Waals surface area contributed by atoms with Gasteiger partial charge in [0.2, 0.25) is 5.82 Å². The van der Waals surface area contributed by atoms with E-state index in [1.54, 1.807) is 6.07 Å². The molecule has 1 aliphatic heterocycles. The quantitative estimate of drug-likeness (QED) is 0.605. The summed E-state index contributed by atoms with van der Waals surface area (Å²) in [6.45, 7) is 2.92. The Morgan fingerprint density at radius 1 is 1.41 bits per heavy atom. The van der Waals surface area contributed by atoms with Gasteiger partial charge in [0.05, 0.1) is 11.5 Å². The summed E-state index contributed by atoms with van der Waals surface area (Å²) in [7, 11) is 0. The molecule has 0 radical (unpaired) electrons. The number of nitro groups is 1. The van der Waals surface area contributed by atoms with Crippen molar-refractivity contribution in [1.29, 1.82) is 0 Å². The van der Waals surface area contributed by atoms with Gasteiger partial charge in [0.1, 0.15) is 5.82 Å². The predicted octanol–water partition coefficient (Wildman–Crippen LogP) is 0.799. The first-order valence-electron chi connectivity index (χ1n) is 5.42. The number of nitrogens with zero attached hydrogens (tertiary/aromatic N) is 3. The highest BCUT2D eigenvalue weighted by Crippen LogP contribution is 2.23. The molecule has 1 aliphatic rings. The van der Waals surface area contributed by atoms with Gasteiger partial charge in [-0.2, -0.15) is 0 Å². The van der Waals surface area contributed by atoms with Gasteiger partial charge in [-0.05, 0) is 12.5 Å². The number of nitrogen functional groups attached to an aromatic ring is 1. The third kappa shape index (κ3) is 2.62. The van der Waals surface area contributed by atoms with Gasteiger partial charge in [-0.15, -0.1) is 0 Å². The van der Waals surface area contributed by atoms with Crippen molar-refractivity contribution in [2.24, 2.45) is 0 Å². The highest BCUT2D eigenvalue weighted by Gasteiger charge is 2.16. The van der Waals surface area contributed by atoms with Gasteiger partial charge in [-0.3, -0.25) is 10.1 Å². The van der Waals surface area contributed by atoms with Crippen LogP contribution in [0.15, 0.2) is 12.1 Å². The molecule has 0 amide bonds. The lowest BCUT2D eigenvalue weighted by molar-refractivity contribution is -0.384. The van der Waals surface area contributed by atoms with Crippen molar-refractivity contribution in [3.05, 3.63) is 22.2 Å². The third-order valence-corrected chi connectivity index (χ3v) is 2.63. The summed E-state index contributed by atoms with van der Waals surface area (Å²) in [5.41, 5.74) is 5.40. The second-order valence-electron chi connectivity index (χ2n) is 3.78. The van der Waals surface area contributed by atoms with E-state index < -0.39 is 4.92 Å². The van der Waals surface area contributed by atoms with E-state index in [-0.39, 0.29) is 11.5 Å². The lowest BCUT2D eigenvalue weighted by Gasteiger charge is -2.20. The number of nitrogens with two attached hydrogens (primary N) is 1. The fourth-order valence-electron chi connectivity index (χ4n) is 1.76. The summed E-state index contributed by atoms with van der Waals surface area (Å²) >= 11 is 0. The zero-order valence-corrected chi connectivity index (χ0v) is 9.33. The molecule has 0 atom stereocenters. The smallest absolute Gasteiger partial charge is 0.311 e. The summed E-state index contributed by atoms with van der Waals surface area (Å²) < 4.78 is 5.33. The zero-order valence-electron chi connectivity index (χ0n) is 9.33. The number of hydrogen-bond acceptors (Lipinski definition) is 6. The van der Waals surface area contributed by atoms with Gasteiger partial charge in [-0.1, -0.05) is 0 Å². The molecule has 92 valence electrons. The lowest BCUT2D eigenvalue weighted by atomic mass is 10.3. The minimum Gasteiger partial charge on any atom is -0.380 e. The molecule has 1 saturated heterocycles. The molecule has 2 heterocycles. The van der Waals surface area contributed by atoms with Crippen LogP contribution < -0.4 is 10.6 Å². The van der Waals surface area contributed by atoms with Crippen LogP contribution in [0.3, 0.4) is 0 Å². The van der Waals surface area contributed by atoms with E-state index >= 15 is 0 Å². The van der Waals surface area contributed by atoms with Crippen LogP contribution >= 0.6 is 0 Å². The van der Waals surface area contributed by atoms with Crippen LogP contribution in [-0.4, -0.2) is 36.2 Å². The molecular weight excluding hydrogens is 224 g/mol. The lowest BCUT2D eigenvalue weighted by Crippen LogP contribution is -2.27. The van der Waals surface area contributed by atoms with Crippen molar-refractivity contribution >= 4 is 17.3 Å². The highest BCUT2D eigenvalue weighted by molar-refractivity contribution is 5.57. The van der Waals surface area contributed by atoms with E-state index in [0.717, 1.165) is 26.1 Å². The maximum absolute atomic E-state index is 10.6. The SMILES string of the molecule is Nc1nc(N2CCCOCC2)ccc1[N+](=O)[O-]. The molecule has 0 saturated carbocycles. The number of anilines is 2. The number of hydrogen-bond donors (Lipinski definition) is 1. The van der Waals surface area contributed by atoms with Gasteiger partial charge in [-0.25, -0.2) is 4.98 Å². The van der Waals surface area contributed by atoms with Gasteiger partial charge in [0, 0.05) is 25.8 Å². The molecule has 7 heteroatoms. The third-order valence-electron chi connectivity index (χ3n) is 2.63. The second kappa shape index (κ2) is 4.96. The molecule has 1 aromatic rings. The molecule has 2 N–H and O–H groups in total. The average molecular weight is 238 g/mol. The van der Waals surface area contributed by atoms with Gasteiger partial charge < -0.3 is 15.4 Å². The van der Waals surface area contributed by atoms with E-state index in [0.29, 0.717) is 12.4 Å². The predicted molar refractivity (Wildman–Crippen MR) is 63.0 cm³/mol. The van der Waals surface area contributed by atoms with Crippen LogP contribution in [0.4, 0.5) is 17.3 Å². The summed E-state index contributed by atoms with van der Waals surface area (Å²) in [5, 5.41) is 10.6. The molecule has 17 heavy (non-hydrogen) atoms. The Balaban J connectivity index is 2.21.